The molecule has 0 spiro atoms. The molecule has 208 valence electrons. The number of carbonyl (C=O) groups excluding carboxylic acids is 1. The number of hydrogen-bond donors (Lipinski definition) is 0. The molecule has 1 fully saturated rings. The van der Waals surface area contributed by atoms with E-state index in [9.17, 15) is 26.4 Å². The number of rotatable bonds is 8. The summed E-state index contributed by atoms with van der Waals surface area (Å²) in [6.45, 7) is 2.81. The van der Waals surface area contributed by atoms with E-state index >= 15 is 0 Å². The Morgan fingerprint density at radius 2 is 1.72 bits per heavy atom. The Morgan fingerprint density at radius 1 is 1.03 bits per heavy atom. The number of alkyl halides is 3. The van der Waals surface area contributed by atoms with Crippen LogP contribution in [0.2, 0.25) is 0 Å². The second kappa shape index (κ2) is 11.8. The molecular weight excluding hydrogens is 531 g/mol. The predicted octanol–water partition coefficient (Wildman–Crippen LogP) is 5.79. The van der Waals surface area contributed by atoms with E-state index in [1.54, 1.807) is 17.0 Å². The molecule has 2 unspecified atom stereocenters. The molecule has 0 N–H and O–H groups in total. The van der Waals surface area contributed by atoms with Crippen LogP contribution in [-0.2, 0) is 25.9 Å². The summed E-state index contributed by atoms with van der Waals surface area (Å²) in [6.07, 6.45) is -4.29. The van der Waals surface area contributed by atoms with Gasteiger partial charge in [0.25, 0.3) is 0 Å². The third-order valence-corrected chi connectivity index (χ3v) is 7.81. The second-order valence-electron chi connectivity index (χ2n) is 9.81. The molecule has 1 aliphatic rings. The summed E-state index contributed by atoms with van der Waals surface area (Å²) >= 11 is 0. The van der Waals surface area contributed by atoms with Gasteiger partial charge in [-0.25, -0.2) is 13.2 Å². The van der Waals surface area contributed by atoms with Gasteiger partial charge in [0.05, 0.1) is 11.5 Å². The fourth-order valence-electron chi connectivity index (χ4n) is 4.59. The molecule has 10 heteroatoms. The Labute approximate surface area is 226 Å². The van der Waals surface area contributed by atoms with Crippen molar-refractivity contribution in [2.24, 2.45) is 5.92 Å². The second-order valence-corrected chi connectivity index (χ2v) is 11.8. The van der Waals surface area contributed by atoms with Gasteiger partial charge in [-0.15, -0.1) is 0 Å². The number of carbonyl (C=O) groups is 1. The highest BCUT2D eigenvalue weighted by Crippen LogP contribution is 2.32. The first-order valence-corrected chi connectivity index (χ1v) is 14.4. The van der Waals surface area contributed by atoms with E-state index < -0.39 is 28.2 Å². The zero-order valence-corrected chi connectivity index (χ0v) is 22.5. The van der Waals surface area contributed by atoms with Crippen molar-refractivity contribution < 1.29 is 35.9 Å². The lowest BCUT2D eigenvalue weighted by Crippen LogP contribution is -2.47. The van der Waals surface area contributed by atoms with Gasteiger partial charge in [0.2, 0.25) is 0 Å². The fourth-order valence-corrected chi connectivity index (χ4v) is 5.50. The number of likely N-dealkylation sites (tertiary alicyclic amines) is 1. The van der Waals surface area contributed by atoms with Crippen molar-refractivity contribution in [1.82, 2.24) is 4.90 Å². The first kappa shape index (κ1) is 28.6. The number of hydrogen-bond acceptors (Lipinski definition) is 6. The van der Waals surface area contributed by atoms with Gasteiger partial charge in [-0.1, -0.05) is 60.2 Å². The number of piperidine rings is 1. The van der Waals surface area contributed by atoms with E-state index in [2.05, 4.69) is 0 Å². The summed E-state index contributed by atoms with van der Waals surface area (Å²) in [6, 6.07) is 21.5. The van der Waals surface area contributed by atoms with E-state index in [0.717, 1.165) is 22.9 Å². The van der Waals surface area contributed by atoms with Gasteiger partial charge in [-0.3, -0.25) is 4.90 Å². The Morgan fingerprint density at radius 3 is 2.36 bits per heavy atom. The van der Waals surface area contributed by atoms with Crippen LogP contribution in [0.4, 0.5) is 13.2 Å². The summed E-state index contributed by atoms with van der Waals surface area (Å²) in [4.78, 5) is 13.5. The van der Waals surface area contributed by atoms with Crippen LogP contribution in [0.3, 0.4) is 0 Å². The van der Waals surface area contributed by atoms with Gasteiger partial charge >= 0.3 is 12.1 Å². The van der Waals surface area contributed by atoms with Gasteiger partial charge in [0.15, 0.2) is 16.1 Å². The van der Waals surface area contributed by atoms with Crippen LogP contribution >= 0.6 is 0 Å². The largest absolute Gasteiger partial charge is 0.493 e. The summed E-state index contributed by atoms with van der Waals surface area (Å²) < 4.78 is 74.8. The van der Waals surface area contributed by atoms with Gasteiger partial charge in [-0.05, 0) is 48.6 Å². The predicted molar refractivity (Wildman–Crippen MR) is 141 cm³/mol. The van der Waals surface area contributed by atoms with Gasteiger partial charge in [-0.2, -0.15) is 13.2 Å². The summed E-state index contributed by atoms with van der Waals surface area (Å²) in [5.74, 6) is -2.10. The minimum Gasteiger partial charge on any atom is -0.493 e. The summed E-state index contributed by atoms with van der Waals surface area (Å²) in [5, 5.41) is 0. The highest BCUT2D eigenvalue weighted by Gasteiger charge is 2.44. The maximum absolute atomic E-state index is 13.0. The number of esters is 1. The van der Waals surface area contributed by atoms with Crippen molar-refractivity contribution in [2.75, 3.05) is 19.4 Å². The number of benzene rings is 3. The number of sulfone groups is 1. The van der Waals surface area contributed by atoms with Crippen molar-refractivity contribution >= 4 is 15.8 Å². The maximum atomic E-state index is 13.0. The molecule has 4 rings (SSSR count). The molecule has 3 aromatic carbocycles. The topological polar surface area (TPSA) is 72.9 Å². The van der Waals surface area contributed by atoms with Crippen molar-refractivity contribution in [3.63, 3.8) is 0 Å². The zero-order valence-electron chi connectivity index (χ0n) is 21.6. The quantitative estimate of drug-likeness (QED) is 0.325. The molecule has 0 aliphatic carbocycles. The Hall–Kier alpha value is -3.37. The van der Waals surface area contributed by atoms with E-state index in [-0.39, 0.29) is 23.8 Å². The molecule has 2 atom stereocenters. The normalized spacial score (nSPS) is 18.5. The zero-order chi connectivity index (χ0) is 28.2. The highest BCUT2D eigenvalue weighted by atomic mass is 32.2. The van der Waals surface area contributed by atoms with Crippen LogP contribution in [0.25, 0.3) is 11.1 Å². The van der Waals surface area contributed by atoms with Crippen LogP contribution in [0, 0.1) is 12.8 Å². The average molecular weight is 562 g/mol. The number of halogens is 3. The van der Waals surface area contributed by atoms with Crippen LogP contribution in [0.5, 0.6) is 5.75 Å². The smallest absolute Gasteiger partial charge is 0.490 e. The molecule has 0 radical (unpaired) electrons. The standard InChI is InChI=1S/C29H30F3NO5S/c1-20-8-10-21(11-9-20)18-33-15-14-22(16-27(33)38-28(34)29(30,31)32)19-37-24-12-13-25(23-6-4-3-5-7-23)26(17-24)39(2,35)36/h3-13,17,22,27H,14-16,18-19H2,1-2H3. The van der Waals surface area contributed by atoms with Crippen LogP contribution in [0.1, 0.15) is 24.0 Å². The minimum atomic E-state index is -5.10. The van der Waals surface area contributed by atoms with E-state index in [4.69, 9.17) is 9.47 Å². The van der Waals surface area contributed by atoms with Crippen LogP contribution < -0.4 is 4.74 Å². The minimum absolute atomic E-state index is 0.121. The molecule has 0 bridgehead atoms. The molecule has 39 heavy (non-hydrogen) atoms. The summed E-state index contributed by atoms with van der Waals surface area (Å²) in [5.41, 5.74) is 3.26. The number of nitrogens with zero attached hydrogens (tertiary/aromatic N) is 1. The van der Waals surface area contributed by atoms with Crippen molar-refractivity contribution in [2.45, 2.75) is 43.6 Å². The monoisotopic (exact) mass is 561 g/mol. The molecule has 0 aromatic heterocycles. The molecule has 1 heterocycles. The Bertz CT molecular complexity index is 1390. The molecule has 3 aromatic rings. The SMILES string of the molecule is Cc1ccc(CN2CCC(COc3ccc(-c4ccccc4)c(S(C)(=O)=O)c3)CC2OC(=O)C(F)(F)F)cc1. The lowest BCUT2D eigenvalue weighted by molar-refractivity contribution is -0.217. The fraction of sp³-hybridized carbons (Fsp3) is 0.345. The van der Waals surface area contributed by atoms with E-state index in [1.165, 1.54) is 6.07 Å². The molecule has 1 aliphatic heterocycles. The molecule has 1 saturated heterocycles. The average Bonchev–Trinajstić information content (AvgIpc) is 2.89. The van der Waals surface area contributed by atoms with Gasteiger partial charge < -0.3 is 9.47 Å². The summed E-state index contributed by atoms with van der Waals surface area (Å²) in [7, 11) is -3.57. The molecule has 0 amide bonds. The highest BCUT2D eigenvalue weighted by molar-refractivity contribution is 7.90. The van der Waals surface area contributed by atoms with Gasteiger partial charge in [0, 0.05) is 31.3 Å². The van der Waals surface area contributed by atoms with Crippen molar-refractivity contribution in [1.29, 1.82) is 0 Å². The van der Waals surface area contributed by atoms with E-state index in [0.29, 0.717) is 30.8 Å². The lowest BCUT2D eigenvalue weighted by atomic mass is 9.95. The first-order valence-electron chi connectivity index (χ1n) is 12.5. The maximum Gasteiger partial charge on any atom is 0.490 e. The molecule has 6 nitrogen and oxygen atoms in total. The number of ether oxygens (including phenoxy) is 2. The molecule has 0 saturated carbocycles. The first-order chi connectivity index (χ1) is 18.4. The van der Waals surface area contributed by atoms with Crippen molar-refractivity contribution in [3.05, 3.63) is 83.9 Å². The van der Waals surface area contributed by atoms with Crippen LogP contribution in [-0.4, -0.2) is 51.1 Å². The lowest BCUT2D eigenvalue weighted by Gasteiger charge is -2.38. The third-order valence-electron chi connectivity index (χ3n) is 6.67. The van der Waals surface area contributed by atoms with E-state index in [1.807, 2.05) is 61.5 Å². The van der Waals surface area contributed by atoms with Gasteiger partial charge in [0.1, 0.15) is 5.75 Å². The number of aryl methyl sites for hydroxylation is 1. The molecular formula is C29H30F3NO5S. The van der Waals surface area contributed by atoms with Crippen molar-refractivity contribution in [3.8, 4) is 16.9 Å². The Kier molecular flexibility index (Phi) is 8.66. The Balaban J connectivity index is 1.48. The van der Waals surface area contributed by atoms with Crippen LogP contribution in [0.15, 0.2) is 77.7 Å². The third kappa shape index (κ3) is 7.60.